The predicted octanol–water partition coefficient (Wildman–Crippen LogP) is 2.43. The van der Waals surface area contributed by atoms with Gasteiger partial charge in [0.15, 0.2) is 6.10 Å². The van der Waals surface area contributed by atoms with Crippen LogP contribution in [0.1, 0.15) is 24.5 Å². The Kier molecular flexibility index (Phi) is 3.64. The summed E-state index contributed by atoms with van der Waals surface area (Å²) in [5.41, 5.74) is 4.30. The highest BCUT2D eigenvalue weighted by Crippen LogP contribution is 2.26. The first-order chi connectivity index (χ1) is 9.72. The number of aromatic nitrogens is 2. The van der Waals surface area contributed by atoms with Gasteiger partial charge in [-0.05, 0) is 49.4 Å². The number of nitrogens with zero attached hydrogens (tertiary/aromatic N) is 2. The van der Waals surface area contributed by atoms with E-state index in [0.717, 1.165) is 18.6 Å². The SMILES string of the molecule is C[C@@H](Oc1ccc2c(c1)CCC2)C(=O)Nc1nncs1. The van der Waals surface area contributed by atoms with E-state index in [4.69, 9.17) is 4.74 Å². The Hall–Kier alpha value is -1.95. The van der Waals surface area contributed by atoms with Crippen LogP contribution in [-0.2, 0) is 17.6 Å². The maximum Gasteiger partial charge on any atom is 0.266 e. The number of nitrogens with one attached hydrogen (secondary N) is 1. The van der Waals surface area contributed by atoms with Crippen molar-refractivity contribution in [3.63, 3.8) is 0 Å². The van der Waals surface area contributed by atoms with Gasteiger partial charge in [-0.1, -0.05) is 17.4 Å². The molecule has 0 spiro atoms. The summed E-state index contributed by atoms with van der Waals surface area (Å²) in [7, 11) is 0. The number of amides is 1. The fourth-order valence-electron chi connectivity index (χ4n) is 2.31. The zero-order valence-electron chi connectivity index (χ0n) is 11.1. The van der Waals surface area contributed by atoms with Crippen LogP contribution >= 0.6 is 11.3 Å². The van der Waals surface area contributed by atoms with E-state index in [1.165, 1.54) is 28.9 Å². The molecule has 1 aromatic carbocycles. The van der Waals surface area contributed by atoms with Gasteiger partial charge in [0.1, 0.15) is 11.3 Å². The van der Waals surface area contributed by atoms with Gasteiger partial charge in [0.05, 0.1) is 0 Å². The first-order valence-corrected chi connectivity index (χ1v) is 7.46. The average molecular weight is 289 g/mol. The second kappa shape index (κ2) is 5.58. The lowest BCUT2D eigenvalue weighted by Gasteiger charge is -2.14. The van der Waals surface area contributed by atoms with Gasteiger partial charge in [-0.3, -0.25) is 10.1 Å². The molecule has 1 N–H and O–H groups in total. The molecule has 6 heteroatoms. The molecular weight excluding hydrogens is 274 g/mol. The highest BCUT2D eigenvalue weighted by molar-refractivity contribution is 7.13. The summed E-state index contributed by atoms with van der Waals surface area (Å²) in [4.78, 5) is 12.0. The van der Waals surface area contributed by atoms with Crippen LogP contribution in [0.5, 0.6) is 5.75 Å². The quantitative estimate of drug-likeness (QED) is 0.939. The van der Waals surface area contributed by atoms with E-state index in [1.54, 1.807) is 12.4 Å². The Balaban J connectivity index is 1.63. The van der Waals surface area contributed by atoms with Crippen LogP contribution in [0.3, 0.4) is 0 Å². The van der Waals surface area contributed by atoms with Crippen LogP contribution in [0.2, 0.25) is 0 Å². The number of anilines is 1. The third-order valence-electron chi connectivity index (χ3n) is 3.34. The Morgan fingerprint density at radius 1 is 1.40 bits per heavy atom. The van der Waals surface area contributed by atoms with Crippen molar-refractivity contribution in [2.75, 3.05) is 5.32 Å². The molecule has 3 rings (SSSR count). The minimum atomic E-state index is -0.571. The van der Waals surface area contributed by atoms with Gasteiger partial charge in [-0.25, -0.2) is 0 Å². The topological polar surface area (TPSA) is 64.1 Å². The van der Waals surface area contributed by atoms with Crippen LogP contribution in [0.4, 0.5) is 5.13 Å². The maximum absolute atomic E-state index is 12.0. The van der Waals surface area contributed by atoms with Gasteiger partial charge < -0.3 is 4.74 Å². The van der Waals surface area contributed by atoms with Crippen molar-refractivity contribution in [1.29, 1.82) is 0 Å². The largest absolute Gasteiger partial charge is 0.481 e. The van der Waals surface area contributed by atoms with E-state index in [1.807, 2.05) is 12.1 Å². The van der Waals surface area contributed by atoms with Crippen molar-refractivity contribution < 1.29 is 9.53 Å². The highest BCUT2D eigenvalue weighted by Gasteiger charge is 2.17. The molecule has 1 aliphatic rings. The number of ether oxygens (including phenoxy) is 1. The molecule has 0 bridgehead atoms. The molecule has 0 fully saturated rings. The summed E-state index contributed by atoms with van der Waals surface area (Å²) in [5, 5.41) is 10.6. The van der Waals surface area contributed by atoms with Crippen molar-refractivity contribution in [3.8, 4) is 5.75 Å². The molecule has 0 unspecified atom stereocenters. The zero-order chi connectivity index (χ0) is 13.9. The number of hydrogen-bond acceptors (Lipinski definition) is 5. The molecule has 5 nitrogen and oxygen atoms in total. The molecular formula is C14H15N3O2S. The Morgan fingerprint density at radius 2 is 2.25 bits per heavy atom. The summed E-state index contributed by atoms with van der Waals surface area (Å²) < 4.78 is 5.69. The van der Waals surface area contributed by atoms with Crippen molar-refractivity contribution in [2.24, 2.45) is 0 Å². The Labute approximate surface area is 121 Å². The van der Waals surface area contributed by atoms with Crippen LogP contribution in [-0.4, -0.2) is 22.2 Å². The highest BCUT2D eigenvalue weighted by atomic mass is 32.1. The molecule has 0 aliphatic heterocycles. The molecule has 104 valence electrons. The third-order valence-corrected chi connectivity index (χ3v) is 3.95. The van der Waals surface area contributed by atoms with Gasteiger partial charge in [0, 0.05) is 0 Å². The first-order valence-electron chi connectivity index (χ1n) is 6.58. The van der Waals surface area contributed by atoms with Gasteiger partial charge >= 0.3 is 0 Å². The van der Waals surface area contributed by atoms with Gasteiger partial charge in [0.25, 0.3) is 5.91 Å². The van der Waals surface area contributed by atoms with Gasteiger partial charge in [-0.15, -0.1) is 10.2 Å². The van der Waals surface area contributed by atoms with Gasteiger partial charge in [-0.2, -0.15) is 0 Å². The number of carbonyl (C=O) groups excluding carboxylic acids is 1. The second-order valence-corrected chi connectivity index (χ2v) is 5.61. The predicted molar refractivity (Wildman–Crippen MR) is 77.1 cm³/mol. The number of benzene rings is 1. The minimum absolute atomic E-state index is 0.220. The smallest absolute Gasteiger partial charge is 0.266 e. The monoisotopic (exact) mass is 289 g/mol. The molecule has 1 aromatic heterocycles. The number of hydrogen-bond donors (Lipinski definition) is 1. The van der Waals surface area contributed by atoms with E-state index in [-0.39, 0.29) is 5.91 Å². The van der Waals surface area contributed by atoms with E-state index in [2.05, 4.69) is 21.6 Å². The van der Waals surface area contributed by atoms with Crippen LogP contribution in [0, 0.1) is 0 Å². The molecule has 0 radical (unpaired) electrons. The van der Waals surface area contributed by atoms with Crippen molar-refractivity contribution in [3.05, 3.63) is 34.8 Å². The molecule has 1 aliphatic carbocycles. The summed E-state index contributed by atoms with van der Waals surface area (Å²) in [5.74, 6) is 0.521. The average Bonchev–Trinajstić information content (AvgIpc) is 3.08. The van der Waals surface area contributed by atoms with Gasteiger partial charge in [0.2, 0.25) is 5.13 Å². The normalized spacial score (nSPS) is 14.7. The Morgan fingerprint density at radius 3 is 3.05 bits per heavy atom. The van der Waals surface area contributed by atoms with Crippen LogP contribution in [0.25, 0.3) is 0 Å². The lowest BCUT2D eigenvalue weighted by Crippen LogP contribution is -2.30. The number of fused-ring (bicyclic) bond motifs is 1. The van der Waals surface area contributed by atoms with Crippen LogP contribution < -0.4 is 10.1 Å². The second-order valence-electron chi connectivity index (χ2n) is 4.78. The first kappa shape index (κ1) is 13.1. The van der Waals surface area contributed by atoms with E-state index >= 15 is 0 Å². The van der Waals surface area contributed by atoms with Crippen molar-refractivity contribution >= 4 is 22.4 Å². The lowest BCUT2D eigenvalue weighted by atomic mass is 10.1. The molecule has 0 saturated heterocycles. The molecule has 1 atom stereocenters. The third kappa shape index (κ3) is 2.80. The number of carbonyl (C=O) groups is 1. The molecule has 0 saturated carbocycles. The van der Waals surface area contributed by atoms with E-state index < -0.39 is 6.10 Å². The fourth-order valence-corrected chi connectivity index (χ4v) is 2.76. The zero-order valence-corrected chi connectivity index (χ0v) is 11.9. The van der Waals surface area contributed by atoms with E-state index in [9.17, 15) is 4.79 Å². The van der Waals surface area contributed by atoms with Crippen molar-refractivity contribution in [2.45, 2.75) is 32.3 Å². The molecule has 1 amide bonds. The van der Waals surface area contributed by atoms with Crippen molar-refractivity contribution in [1.82, 2.24) is 10.2 Å². The summed E-state index contributed by atoms with van der Waals surface area (Å²) >= 11 is 1.28. The summed E-state index contributed by atoms with van der Waals surface area (Å²) in [6, 6.07) is 6.06. The molecule has 20 heavy (non-hydrogen) atoms. The number of rotatable bonds is 4. The number of aryl methyl sites for hydroxylation is 2. The summed E-state index contributed by atoms with van der Waals surface area (Å²) in [6.07, 6.45) is 2.87. The molecule has 1 heterocycles. The fraction of sp³-hybridized carbons (Fsp3) is 0.357. The Bertz CT molecular complexity index is 613. The van der Waals surface area contributed by atoms with Crippen LogP contribution in [0.15, 0.2) is 23.7 Å². The standard InChI is InChI=1S/C14H15N3O2S/c1-9(13(18)16-14-17-15-8-20-14)19-12-6-5-10-3-2-4-11(10)7-12/h5-9H,2-4H2,1H3,(H,16,17,18)/t9-/m1/s1. The van der Waals surface area contributed by atoms with E-state index in [0.29, 0.717) is 5.13 Å². The lowest BCUT2D eigenvalue weighted by molar-refractivity contribution is -0.122. The summed E-state index contributed by atoms with van der Waals surface area (Å²) in [6.45, 7) is 1.73. The minimum Gasteiger partial charge on any atom is -0.481 e. The maximum atomic E-state index is 12.0. The molecule has 2 aromatic rings.